The highest BCUT2D eigenvalue weighted by Crippen LogP contribution is 2.04. The van der Waals surface area contributed by atoms with Gasteiger partial charge in [-0.1, -0.05) is 39.0 Å². The van der Waals surface area contributed by atoms with Crippen molar-refractivity contribution < 1.29 is 4.79 Å². The molecular weight excluding hydrogens is 210 g/mol. The maximum absolute atomic E-state index is 11.2. The Hall–Kier alpha value is -0.240. The van der Waals surface area contributed by atoms with Gasteiger partial charge in [-0.05, 0) is 12.8 Å². The van der Waals surface area contributed by atoms with Gasteiger partial charge in [0.25, 0.3) is 0 Å². The molecule has 3 heteroatoms. The summed E-state index contributed by atoms with van der Waals surface area (Å²) in [6, 6.07) is 0. The Balaban J connectivity index is 3.06. The van der Waals surface area contributed by atoms with Crippen LogP contribution < -0.4 is 5.32 Å². The molecule has 0 spiro atoms. The SMILES string of the molecule is CCCCCCCCNC(=O)CCCCl. The fourth-order valence-corrected chi connectivity index (χ4v) is 1.58. The van der Waals surface area contributed by atoms with Crippen molar-refractivity contribution >= 4 is 17.5 Å². The van der Waals surface area contributed by atoms with E-state index < -0.39 is 0 Å². The lowest BCUT2D eigenvalue weighted by Crippen LogP contribution is -2.24. The highest BCUT2D eigenvalue weighted by atomic mass is 35.5. The number of nitrogens with one attached hydrogen (secondary N) is 1. The lowest BCUT2D eigenvalue weighted by molar-refractivity contribution is -0.121. The minimum atomic E-state index is 0.143. The number of amides is 1. The van der Waals surface area contributed by atoms with Crippen molar-refractivity contribution in [2.24, 2.45) is 0 Å². The molecule has 1 N–H and O–H groups in total. The summed E-state index contributed by atoms with van der Waals surface area (Å²) in [5.41, 5.74) is 0. The van der Waals surface area contributed by atoms with Gasteiger partial charge in [0.2, 0.25) is 5.91 Å². The Labute approximate surface area is 98.8 Å². The topological polar surface area (TPSA) is 29.1 Å². The molecule has 0 unspecified atom stereocenters. The number of hydrogen-bond donors (Lipinski definition) is 1. The van der Waals surface area contributed by atoms with Crippen LogP contribution in [0.3, 0.4) is 0 Å². The largest absolute Gasteiger partial charge is 0.356 e. The van der Waals surface area contributed by atoms with Crippen molar-refractivity contribution in [3.63, 3.8) is 0 Å². The number of hydrogen-bond acceptors (Lipinski definition) is 1. The third-order valence-electron chi connectivity index (χ3n) is 2.39. The molecule has 0 atom stereocenters. The summed E-state index contributed by atoms with van der Waals surface area (Å²) >= 11 is 5.50. The average molecular weight is 234 g/mol. The van der Waals surface area contributed by atoms with E-state index in [0.717, 1.165) is 19.4 Å². The molecule has 0 aliphatic carbocycles. The maximum atomic E-state index is 11.2. The Kier molecular flexibility index (Phi) is 11.6. The quantitative estimate of drug-likeness (QED) is 0.454. The predicted molar refractivity (Wildman–Crippen MR) is 66.3 cm³/mol. The van der Waals surface area contributed by atoms with Crippen LogP contribution in [-0.4, -0.2) is 18.3 Å². The molecule has 0 bridgehead atoms. The minimum absolute atomic E-state index is 0.143. The van der Waals surface area contributed by atoms with Crippen molar-refractivity contribution in [3.05, 3.63) is 0 Å². The molecule has 0 fully saturated rings. The Morgan fingerprint density at radius 2 is 1.73 bits per heavy atom. The molecule has 0 aliphatic rings. The van der Waals surface area contributed by atoms with E-state index in [1.54, 1.807) is 0 Å². The standard InChI is InChI=1S/C12H24ClNO/c1-2-3-4-5-6-7-11-14-12(15)9-8-10-13/h2-11H2,1H3,(H,14,15). The van der Waals surface area contributed by atoms with Crippen LogP contribution in [-0.2, 0) is 4.79 Å². The van der Waals surface area contributed by atoms with E-state index >= 15 is 0 Å². The highest BCUT2D eigenvalue weighted by molar-refractivity contribution is 6.17. The van der Waals surface area contributed by atoms with E-state index in [2.05, 4.69) is 12.2 Å². The summed E-state index contributed by atoms with van der Waals surface area (Å²) in [6.07, 6.45) is 8.94. The van der Waals surface area contributed by atoms with Crippen LogP contribution in [0.25, 0.3) is 0 Å². The van der Waals surface area contributed by atoms with Crippen molar-refractivity contribution in [3.8, 4) is 0 Å². The van der Waals surface area contributed by atoms with Gasteiger partial charge < -0.3 is 5.32 Å². The molecular formula is C12H24ClNO. The molecule has 90 valence electrons. The van der Waals surface area contributed by atoms with Crippen molar-refractivity contribution in [2.45, 2.75) is 58.3 Å². The van der Waals surface area contributed by atoms with Crippen LogP contribution in [0.1, 0.15) is 58.3 Å². The molecule has 0 aromatic heterocycles. The molecule has 0 saturated carbocycles. The van der Waals surface area contributed by atoms with Gasteiger partial charge >= 0.3 is 0 Å². The smallest absolute Gasteiger partial charge is 0.220 e. The Morgan fingerprint density at radius 3 is 2.40 bits per heavy atom. The zero-order valence-electron chi connectivity index (χ0n) is 9.86. The molecule has 2 nitrogen and oxygen atoms in total. The van der Waals surface area contributed by atoms with Gasteiger partial charge in [0.05, 0.1) is 0 Å². The van der Waals surface area contributed by atoms with E-state index in [1.807, 2.05) is 0 Å². The number of carbonyl (C=O) groups excluding carboxylic acids is 1. The van der Waals surface area contributed by atoms with E-state index in [-0.39, 0.29) is 5.91 Å². The van der Waals surface area contributed by atoms with E-state index in [0.29, 0.717) is 12.3 Å². The van der Waals surface area contributed by atoms with Gasteiger partial charge in [-0.15, -0.1) is 11.6 Å². The van der Waals surface area contributed by atoms with Gasteiger partial charge in [-0.25, -0.2) is 0 Å². The second kappa shape index (κ2) is 11.8. The Bertz CT molecular complexity index is 151. The summed E-state index contributed by atoms with van der Waals surface area (Å²) in [7, 11) is 0. The lowest BCUT2D eigenvalue weighted by Gasteiger charge is -2.04. The van der Waals surface area contributed by atoms with Crippen molar-refractivity contribution in [1.29, 1.82) is 0 Å². The predicted octanol–water partition coefficient (Wildman–Crippen LogP) is 3.48. The number of unbranched alkanes of at least 4 members (excludes halogenated alkanes) is 5. The number of carbonyl (C=O) groups is 1. The molecule has 0 aromatic carbocycles. The van der Waals surface area contributed by atoms with Crippen LogP contribution in [0.2, 0.25) is 0 Å². The first kappa shape index (κ1) is 14.8. The number of rotatable bonds is 10. The first-order chi connectivity index (χ1) is 7.31. The van der Waals surface area contributed by atoms with Crippen LogP contribution in [0.5, 0.6) is 0 Å². The molecule has 0 aromatic rings. The molecule has 0 heterocycles. The highest BCUT2D eigenvalue weighted by Gasteiger charge is 1.98. The summed E-state index contributed by atoms with van der Waals surface area (Å²) in [4.78, 5) is 11.2. The van der Waals surface area contributed by atoms with Gasteiger partial charge in [-0.2, -0.15) is 0 Å². The zero-order valence-corrected chi connectivity index (χ0v) is 10.6. The minimum Gasteiger partial charge on any atom is -0.356 e. The Morgan fingerprint density at radius 1 is 1.07 bits per heavy atom. The monoisotopic (exact) mass is 233 g/mol. The molecule has 0 aliphatic heterocycles. The lowest BCUT2D eigenvalue weighted by atomic mass is 10.1. The summed E-state index contributed by atoms with van der Waals surface area (Å²) in [5.74, 6) is 0.717. The normalized spacial score (nSPS) is 10.3. The van der Waals surface area contributed by atoms with Crippen LogP contribution in [0.4, 0.5) is 0 Å². The fourth-order valence-electron chi connectivity index (χ4n) is 1.45. The van der Waals surface area contributed by atoms with Crippen LogP contribution in [0, 0.1) is 0 Å². The summed E-state index contributed by atoms with van der Waals surface area (Å²) in [5, 5.41) is 2.91. The second-order valence-corrected chi connectivity index (χ2v) is 4.29. The van der Waals surface area contributed by atoms with E-state index in [1.165, 1.54) is 32.1 Å². The maximum Gasteiger partial charge on any atom is 0.220 e. The average Bonchev–Trinajstić information content (AvgIpc) is 2.25. The first-order valence-electron chi connectivity index (χ1n) is 6.14. The summed E-state index contributed by atoms with van der Waals surface area (Å²) < 4.78 is 0. The summed E-state index contributed by atoms with van der Waals surface area (Å²) in [6.45, 7) is 3.05. The van der Waals surface area contributed by atoms with Crippen molar-refractivity contribution in [1.82, 2.24) is 5.32 Å². The van der Waals surface area contributed by atoms with Gasteiger partial charge in [0, 0.05) is 18.8 Å². The van der Waals surface area contributed by atoms with Crippen LogP contribution in [0.15, 0.2) is 0 Å². The van der Waals surface area contributed by atoms with Gasteiger partial charge in [0.1, 0.15) is 0 Å². The number of alkyl halides is 1. The van der Waals surface area contributed by atoms with Gasteiger partial charge in [0.15, 0.2) is 0 Å². The van der Waals surface area contributed by atoms with E-state index in [9.17, 15) is 4.79 Å². The molecule has 1 amide bonds. The third-order valence-corrected chi connectivity index (χ3v) is 2.66. The zero-order chi connectivity index (χ0) is 11.4. The fraction of sp³-hybridized carbons (Fsp3) is 0.917. The second-order valence-electron chi connectivity index (χ2n) is 3.91. The van der Waals surface area contributed by atoms with E-state index in [4.69, 9.17) is 11.6 Å². The molecule has 0 radical (unpaired) electrons. The number of halogens is 1. The molecule has 0 rings (SSSR count). The van der Waals surface area contributed by atoms with Gasteiger partial charge in [-0.3, -0.25) is 4.79 Å². The first-order valence-corrected chi connectivity index (χ1v) is 6.67. The molecule has 0 saturated heterocycles. The van der Waals surface area contributed by atoms with Crippen molar-refractivity contribution in [2.75, 3.05) is 12.4 Å². The van der Waals surface area contributed by atoms with Crippen LogP contribution >= 0.6 is 11.6 Å². The molecule has 15 heavy (non-hydrogen) atoms. The third kappa shape index (κ3) is 11.7.